The van der Waals surface area contributed by atoms with E-state index in [0.29, 0.717) is 6.54 Å². The molecule has 0 spiro atoms. The Labute approximate surface area is 96.0 Å². The normalized spacial score (nSPS) is 19.5. The highest BCUT2D eigenvalue weighted by Gasteiger charge is 2.31. The first kappa shape index (κ1) is 11.1. The molecule has 1 amide bonds. The van der Waals surface area contributed by atoms with Gasteiger partial charge in [-0.2, -0.15) is 0 Å². The molecule has 1 aromatic carbocycles. The summed E-state index contributed by atoms with van der Waals surface area (Å²) in [7, 11) is 0. The Morgan fingerprint density at radius 2 is 2.31 bits per heavy atom. The predicted molar refractivity (Wildman–Crippen MR) is 64.2 cm³/mol. The molecule has 2 unspecified atom stereocenters. The zero-order valence-electron chi connectivity index (χ0n) is 9.57. The number of hydrogen-bond acceptors (Lipinski definition) is 2. The fraction of sp³-hybridized carbons (Fsp3) is 0.462. The Bertz CT molecular complexity index is 389. The summed E-state index contributed by atoms with van der Waals surface area (Å²) in [6, 6.07) is 8.30. The smallest absolute Gasteiger partial charge is 0.228 e. The molecule has 0 radical (unpaired) electrons. The highest BCUT2D eigenvalue weighted by molar-refractivity contribution is 5.87. The molecule has 86 valence electrons. The zero-order chi connectivity index (χ0) is 11.5. The second kappa shape index (κ2) is 4.66. The van der Waals surface area contributed by atoms with Crippen LogP contribution in [-0.4, -0.2) is 18.5 Å². The third-order valence-electron chi connectivity index (χ3n) is 3.16. The molecule has 0 fully saturated rings. The number of nitrogens with one attached hydrogen (secondary N) is 1. The maximum atomic E-state index is 11.9. The fourth-order valence-electron chi connectivity index (χ4n) is 2.16. The minimum absolute atomic E-state index is 0.0522. The van der Waals surface area contributed by atoms with Gasteiger partial charge in [-0.15, -0.1) is 0 Å². The standard InChI is InChI=1S/C13H18N2O/c1-9(6-7-14)15-13(16)12-8-10-4-2-3-5-11(10)12/h2-5,9,12H,6-8,14H2,1H3,(H,15,16). The van der Waals surface area contributed by atoms with Gasteiger partial charge in [-0.05, 0) is 37.4 Å². The molecular formula is C13H18N2O. The summed E-state index contributed by atoms with van der Waals surface area (Å²) in [4.78, 5) is 11.9. The van der Waals surface area contributed by atoms with Gasteiger partial charge in [0.2, 0.25) is 5.91 Å². The van der Waals surface area contributed by atoms with Crippen LogP contribution in [0, 0.1) is 0 Å². The van der Waals surface area contributed by atoms with Crippen LogP contribution in [0.15, 0.2) is 24.3 Å². The van der Waals surface area contributed by atoms with Gasteiger partial charge in [-0.3, -0.25) is 4.79 Å². The van der Waals surface area contributed by atoms with Crippen molar-refractivity contribution >= 4 is 5.91 Å². The fourth-order valence-corrected chi connectivity index (χ4v) is 2.16. The Hall–Kier alpha value is -1.35. The van der Waals surface area contributed by atoms with Crippen LogP contribution in [0.4, 0.5) is 0 Å². The molecule has 3 heteroatoms. The molecule has 0 aromatic heterocycles. The van der Waals surface area contributed by atoms with Gasteiger partial charge in [0.25, 0.3) is 0 Å². The molecule has 1 aromatic rings. The summed E-state index contributed by atoms with van der Waals surface area (Å²) in [6.07, 6.45) is 1.71. The first-order chi connectivity index (χ1) is 7.72. The lowest BCUT2D eigenvalue weighted by atomic mass is 9.77. The van der Waals surface area contributed by atoms with Crippen molar-refractivity contribution in [2.45, 2.75) is 31.7 Å². The number of rotatable bonds is 4. The highest BCUT2D eigenvalue weighted by atomic mass is 16.2. The van der Waals surface area contributed by atoms with Crippen LogP contribution in [-0.2, 0) is 11.2 Å². The maximum Gasteiger partial charge on any atom is 0.228 e. The molecule has 0 saturated carbocycles. The quantitative estimate of drug-likeness (QED) is 0.797. The second-order valence-electron chi connectivity index (χ2n) is 4.44. The van der Waals surface area contributed by atoms with Crippen molar-refractivity contribution in [3.8, 4) is 0 Å². The third-order valence-corrected chi connectivity index (χ3v) is 3.16. The van der Waals surface area contributed by atoms with E-state index in [1.807, 2.05) is 25.1 Å². The Morgan fingerprint density at radius 1 is 1.56 bits per heavy atom. The van der Waals surface area contributed by atoms with Crippen molar-refractivity contribution in [2.24, 2.45) is 5.73 Å². The van der Waals surface area contributed by atoms with Crippen LogP contribution in [0.25, 0.3) is 0 Å². The van der Waals surface area contributed by atoms with Gasteiger partial charge in [0, 0.05) is 6.04 Å². The largest absolute Gasteiger partial charge is 0.353 e. The lowest BCUT2D eigenvalue weighted by Gasteiger charge is -2.30. The number of hydrogen-bond donors (Lipinski definition) is 2. The Morgan fingerprint density at radius 3 is 3.00 bits per heavy atom. The number of carbonyl (C=O) groups excluding carboxylic acids is 1. The minimum atomic E-state index is 0.0522. The average molecular weight is 218 g/mol. The summed E-state index contributed by atoms with van der Waals surface area (Å²) in [5.74, 6) is 0.191. The van der Waals surface area contributed by atoms with Gasteiger partial charge < -0.3 is 11.1 Å². The first-order valence-corrected chi connectivity index (χ1v) is 5.80. The number of amides is 1. The van der Waals surface area contributed by atoms with E-state index >= 15 is 0 Å². The highest BCUT2D eigenvalue weighted by Crippen LogP contribution is 2.34. The monoisotopic (exact) mass is 218 g/mol. The molecule has 0 bridgehead atoms. The van der Waals surface area contributed by atoms with Gasteiger partial charge in [-0.1, -0.05) is 24.3 Å². The number of benzene rings is 1. The summed E-state index contributed by atoms with van der Waals surface area (Å²) in [5, 5.41) is 3.00. The maximum absolute atomic E-state index is 11.9. The number of carbonyl (C=O) groups is 1. The van der Waals surface area contributed by atoms with Crippen LogP contribution in [0.1, 0.15) is 30.4 Å². The molecule has 1 aliphatic carbocycles. The van der Waals surface area contributed by atoms with E-state index in [-0.39, 0.29) is 17.9 Å². The van der Waals surface area contributed by atoms with Gasteiger partial charge in [0.15, 0.2) is 0 Å². The first-order valence-electron chi connectivity index (χ1n) is 5.80. The zero-order valence-corrected chi connectivity index (χ0v) is 9.57. The number of fused-ring (bicyclic) bond motifs is 1. The lowest BCUT2D eigenvalue weighted by Crippen LogP contribution is -2.40. The Kier molecular flexibility index (Phi) is 3.25. The topological polar surface area (TPSA) is 55.1 Å². The SMILES string of the molecule is CC(CCN)NC(=O)C1Cc2ccccc21. The van der Waals surface area contributed by atoms with Crippen LogP contribution in [0.3, 0.4) is 0 Å². The van der Waals surface area contributed by atoms with Crippen LogP contribution >= 0.6 is 0 Å². The van der Waals surface area contributed by atoms with Crippen LogP contribution < -0.4 is 11.1 Å². The molecule has 0 saturated heterocycles. The van der Waals surface area contributed by atoms with Gasteiger partial charge in [-0.25, -0.2) is 0 Å². The van der Waals surface area contributed by atoms with Crippen molar-refractivity contribution in [3.63, 3.8) is 0 Å². The Balaban J connectivity index is 1.94. The van der Waals surface area contributed by atoms with Crippen molar-refractivity contribution < 1.29 is 4.79 Å². The van der Waals surface area contributed by atoms with Gasteiger partial charge in [0.1, 0.15) is 0 Å². The van der Waals surface area contributed by atoms with E-state index in [1.165, 1.54) is 11.1 Å². The second-order valence-corrected chi connectivity index (χ2v) is 4.44. The summed E-state index contributed by atoms with van der Waals surface area (Å²) in [6.45, 7) is 2.61. The van der Waals surface area contributed by atoms with E-state index in [0.717, 1.165) is 12.8 Å². The third kappa shape index (κ3) is 2.09. The summed E-state index contributed by atoms with van der Waals surface area (Å²) < 4.78 is 0. The van der Waals surface area contributed by atoms with E-state index in [2.05, 4.69) is 11.4 Å². The van der Waals surface area contributed by atoms with Crippen LogP contribution in [0.2, 0.25) is 0 Å². The van der Waals surface area contributed by atoms with E-state index in [4.69, 9.17) is 5.73 Å². The number of nitrogens with two attached hydrogens (primary N) is 1. The van der Waals surface area contributed by atoms with Gasteiger partial charge in [0.05, 0.1) is 5.92 Å². The molecule has 16 heavy (non-hydrogen) atoms. The average Bonchev–Trinajstić information content (AvgIpc) is 2.20. The van der Waals surface area contributed by atoms with E-state index in [9.17, 15) is 4.79 Å². The van der Waals surface area contributed by atoms with Crippen molar-refractivity contribution in [2.75, 3.05) is 6.54 Å². The lowest BCUT2D eigenvalue weighted by molar-refractivity contribution is -0.123. The molecular weight excluding hydrogens is 200 g/mol. The summed E-state index contributed by atoms with van der Waals surface area (Å²) >= 11 is 0. The van der Waals surface area contributed by atoms with Crippen molar-refractivity contribution in [3.05, 3.63) is 35.4 Å². The molecule has 3 N–H and O–H groups in total. The molecule has 1 aliphatic rings. The van der Waals surface area contributed by atoms with Crippen molar-refractivity contribution in [1.29, 1.82) is 0 Å². The van der Waals surface area contributed by atoms with E-state index < -0.39 is 0 Å². The molecule has 0 aliphatic heterocycles. The predicted octanol–water partition coefficient (Wildman–Crippen LogP) is 1.18. The van der Waals surface area contributed by atoms with Crippen LogP contribution in [0.5, 0.6) is 0 Å². The van der Waals surface area contributed by atoms with Gasteiger partial charge >= 0.3 is 0 Å². The molecule has 0 heterocycles. The molecule has 2 rings (SSSR count). The minimum Gasteiger partial charge on any atom is -0.353 e. The molecule has 3 nitrogen and oxygen atoms in total. The van der Waals surface area contributed by atoms with E-state index in [1.54, 1.807) is 0 Å². The van der Waals surface area contributed by atoms with Crippen molar-refractivity contribution in [1.82, 2.24) is 5.32 Å². The molecule has 2 atom stereocenters. The summed E-state index contributed by atoms with van der Waals surface area (Å²) in [5.41, 5.74) is 7.93.